The number of hydrogen-bond acceptors (Lipinski definition) is 2. The van der Waals surface area contributed by atoms with Crippen LogP contribution in [0, 0.1) is 12.7 Å². The molecule has 0 spiro atoms. The highest BCUT2D eigenvalue weighted by Crippen LogP contribution is 2.19. The standard InChI is InChI=1S/C12H15F4NO/c1-9-6-11(13)3-2-10(9)7-17(4-5-18)8-12(14,15)16/h2-3,6,18H,4-5,7-8H2,1H3. The summed E-state index contributed by atoms with van der Waals surface area (Å²) in [6.07, 6.45) is -4.32. The summed E-state index contributed by atoms with van der Waals surface area (Å²) in [6, 6.07) is 3.96. The first-order valence-corrected chi connectivity index (χ1v) is 5.47. The molecule has 0 aromatic heterocycles. The number of alkyl halides is 3. The lowest BCUT2D eigenvalue weighted by atomic mass is 10.1. The molecule has 1 N–H and O–H groups in total. The maximum atomic E-state index is 12.9. The molecule has 0 aliphatic carbocycles. The van der Waals surface area contributed by atoms with Crippen LogP contribution in [0.25, 0.3) is 0 Å². The zero-order chi connectivity index (χ0) is 13.8. The smallest absolute Gasteiger partial charge is 0.395 e. The Morgan fingerprint density at radius 1 is 1.28 bits per heavy atom. The van der Waals surface area contributed by atoms with E-state index in [-0.39, 0.29) is 19.7 Å². The molecule has 0 amide bonds. The first-order chi connectivity index (χ1) is 8.31. The van der Waals surface area contributed by atoms with Gasteiger partial charge in [0.15, 0.2) is 0 Å². The highest BCUT2D eigenvalue weighted by molar-refractivity contribution is 5.26. The van der Waals surface area contributed by atoms with Crippen LogP contribution in [-0.4, -0.2) is 35.9 Å². The van der Waals surface area contributed by atoms with Crippen LogP contribution in [0.3, 0.4) is 0 Å². The monoisotopic (exact) mass is 265 g/mol. The summed E-state index contributed by atoms with van der Waals surface area (Å²) in [7, 11) is 0. The van der Waals surface area contributed by atoms with Crippen molar-refractivity contribution in [3.8, 4) is 0 Å². The number of aliphatic hydroxyl groups is 1. The number of benzene rings is 1. The Kier molecular flexibility index (Phi) is 5.10. The van der Waals surface area contributed by atoms with E-state index in [0.717, 1.165) is 4.90 Å². The van der Waals surface area contributed by atoms with Gasteiger partial charge in [0, 0.05) is 13.1 Å². The predicted octanol–water partition coefficient (Wildman–Crippen LogP) is 2.49. The van der Waals surface area contributed by atoms with Gasteiger partial charge in [-0.1, -0.05) is 6.07 Å². The van der Waals surface area contributed by atoms with Gasteiger partial charge in [0.05, 0.1) is 13.2 Å². The van der Waals surface area contributed by atoms with Crippen LogP contribution in [-0.2, 0) is 6.54 Å². The van der Waals surface area contributed by atoms with E-state index in [2.05, 4.69) is 0 Å². The Morgan fingerprint density at radius 3 is 2.44 bits per heavy atom. The molecule has 1 aromatic carbocycles. The number of hydrogen-bond donors (Lipinski definition) is 1. The van der Waals surface area contributed by atoms with E-state index >= 15 is 0 Å². The van der Waals surface area contributed by atoms with Crippen molar-refractivity contribution in [1.82, 2.24) is 4.90 Å². The second kappa shape index (κ2) is 6.15. The molecule has 18 heavy (non-hydrogen) atoms. The normalized spacial score (nSPS) is 12.2. The lowest BCUT2D eigenvalue weighted by molar-refractivity contribution is -0.148. The molecular weight excluding hydrogens is 250 g/mol. The Labute approximate surface area is 103 Å². The minimum Gasteiger partial charge on any atom is -0.395 e. The van der Waals surface area contributed by atoms with Crippen LogP contribution in [0.5, 0.6) is 0 Å². The van der Waals surface area contributed by atoms with Crippen molar-refractivity contribution in [3.63, 3.8) is 0 Å². The Bertz CT molecular complexity index is 392. The van der Waals surface area contributed by atoms with Gasteiger partial charge < -0.3 is 5.11 Å². The average Bonchev–Trinajstić information content (AvgIpc) is 2.20. The largest absolute Gasteiger partial charge is 0.401 e. The first kappa shape index (κ1) is 14.9. The second-order valence-electron chi connectivity index (χ2n) is 4.12. The van der Waals surface area contributed by atoms with Gasteiger partial charge in [-0.15, -0.1) is 0 Å². The van der Waals surface area contributed by atoms with E-state index in [9.17, 15) is 17.6 Å². The first-order valence-electron chi connectivity index (χ1n) is 5.47. The molecule has 0 heterocycles. The third kappa shape index (κ3) is 5.01. The van der Waals surface area contributed by atoms with Crippen molar-refractivity contribution in [1.29, 1.82) is 0 Å². The summed E-state index contributed by atoms with van der Waals surface area (Å²) in [5, 5.41) is 8.76. The molecule has 0 atom stereocenters. The molecule has 0 saturated carbocycles. The molecular formula is C12H15F4NO. The Hall–Kier alpha value is -1.14. The lowest BCUT2D eigenvalue weighted by Crippen LogP contribution is -2.35. The number of halogens is 4. The van der Waals surface area contributed by atoms with Crippen LogP contribution >= 0.6 is 0 Å². The molecule has 2 nitrogen and oxygen atoms in total. The number of aryl methyl sites for hydroxylation is 1. The van der Waals surface area contributed by atoms with E-state index in [1.807, 2.05) is 0 Å². The van der Waals surface area contributed by atoms with Gasteiger partial charge in [-0.3, -0.25) is 4.90 Å². The lowest BCUT2D eigenvalue weighted by Gasteiger charge is -2.23. The van der Waals surface area contributed by atoms with E-state index < -0.39 is 18.5 Å². The molecule has 0 aliphatic rings. The number of rotatable bonds is 5. The summed E-state index contributed by atoms with van der Waals surface area (Å²) in [5.74, 6) is -0.416. The molecule has 6 heteroatoms. The molecule has 0 unspecified atom stereocenters. The van der Waals surface area contributed by atoms with Crippen LogP contribution < -0.4 is 0 Å². The third-order valence-corrected chi connectivity index (χ3v) is 2.52. The van der Waals surface area contributed by atoms with Crippen LogP contribution in [0.15, 0.2) is 18.2 Å². The van der Waals surface area contributed by atoms with E-state index in [1.165, 1.54) is 18.2 Å². The minimum absolute atomic E-state index is 0.0339. The van der Waals surface area contributed by atoms with Crippen LogP contribution in [0.4, 0.5) is 17.6 Å². The van der Waals surface area contributed by atoms with Crippen LogP contribution in [0.1, 0.15) is 11.1 Å². The average molecular weight is 265 g/mol. The zero-order valence-corrected chi connectivity index (χ0v) is 9.97. The van der Waals surface area contributed by atoms with Gasteiger partial charge >= 0.3 is 6.18 Å². The molecule has 102 valence electrons. The summed E-state index contributed by atoms with van der Waals surface area (Å²) < 4.78 is 49.8. The van der Waals surface area contributed by atoms with Crippen LogP contribution in [0.2, 0.25) is 0 Å². The van der Waals surface area contributed by atoms with Crippen molar-refractivity contribution >= 4 is 0 Å². The summed E-state index contributed by atoms with van der Waals surface area (Å²) in [4.78, 5) is 1.08. The third-order valence-electron chi connectivity index (χ3n) is 2.52. The molecule has 0 saturated heterocycles. The fourth-order valence-corrected chi connectivity index (χ4v) is 1.69. The molecule has 0 radical (unpaired) electrons. The van der Waals surface area contributed by atoms with Crippen molar-refractivity contribution in [3.05, 3.63) is 35.1 Å². The maximum Gasteiger partial charge on any atom is 0.401 e. The van der Waals surface area contributed by atoms with E-state index in [4.69, 9.17) is 5.11 Å². The highest BCUT2D eigenvalue weighted by Gasteiger charge is 2.30. The SMILES string of the molecule is Cc1cc(F)ccc1CN(CCO)CC(F)(F)F. The minimum atomic E-state index is -4.32. The summed E-state index contributed by atoms with van der Waals surface area (Å²) in [6.45, 7) is 0.159. The number of nitrogens with zero attached hydrogens (tertiary/aromatic N) is 1. The number of aliphatic hydroxyl groups excluding tert-OH is 1. The molecule has 1 aromatic rings. The fraction of sp³-hybridized carbons (Fsp3) is 0.500. The summed E-state index contributed by atoms with van der Waals surface area (Å²) >= 11 is 0. The zero-order valence-electron chi connectivity index (χ0n) is 9.97. The molecule has 0 aliphatic heterocycles. The second-order valence-corrected chi connectivity index (χ2v) is 4.12. The fourth-order valence-electron chi connectivity index (χ4n) is 1.69. The Balaban J connectivity index is 2.76. The van der Waals surface area contributed by atoms with Gasteiger partial charge in [0.2, 0.25) is 0 Å². The van der Waals surface area contributed by atoms with Gasteiger partial charge in [-0.2, -0.15) is 13.2 Å². The highest BCUT2D eigenvalue weighted by atomic mass is 19.4. The van der Waals surface area contributed by atoms with Crippen molar-refractivity contribution in [2.45, 2.75) is 19.6 Å². The Morgan fingerprint density at radius 2 is 1.94 bits per heavy atom. The van der Waals surface area contributed by atoms with Crippen molar-refractivity contribution in [2.24, 2.45) is 0 Å². The summed E-state index contributed by atoms with van der Waals surface area (Å²) in [5.41, 5.74) is 1.22. The van der Waals surface area contributed by atoms with Gasteiger partial charge in [-0.05, 0) is 30.2 Å². The quantitative estimate of drug-likeness (QED) is 0.827. The van der Waals surface area contributed by atoms with Crippen molar-refractivity contribution in [2.75, 3.05) is 19.7 Å². The van der Waals surface area contributed by atoms with E-state index in [0.29, 0.717) is 11.1 Å². The van der Waals surface area contributed by atoms with Gasteiger partial charge in [0.1, 0.15) is 5.82 Å². The van der Waals surface area contributed by atoms with E-state index in [1.54, 1.807) is 6.92 Å². The van der Waals surface area contributed by atoms with Gasteiger partial charge in [0.25, 0.3) is 0 Å². The van der Waals surface area contributed by atoms with Crippen molar-refractivity contribution < 1.29 is 22.7 Å². The maximum absolute atomic E-state index is 12.9. The molecule has 1 rings (SSSR count). The molecule has 0 fully saturated rings. The topological polar surface area (TPSA) is 23.5 Å². The molecule has 0 bridgehead atoms. The van der Waals surface area contributed by atoms with Gasteiger partial charge in [-0.25, -0.2) is 4.39 Å². The predicted molar refractivity (Wildman–Crippen MR) is 59.6 cm³/mol.